The molecule has 3 heteroatoms. The normalized spacial score (nSPS) is 11.0. The number of esters is 1. The lowest BCUT2D eigenvalue weighted by Crippen LogP contribution is -2.04. The van der Waals surface area contributed by atoms with Crippen LogP contribution in [0.3, 0.4) is 0 Å². The van der Waals surface area contributed by atoms with E-state index >= 15 is 0 Å². The van der Waals surface area contributed by atoms with E-state index in [9.17, 15) is 9.59 Å². The molecule has 1 aromatic rings. The van der Waals surface area contributed by atoms with Crippen LogP contribution in [0.25, 0.3) is 6.08 Å². The van der Waals surface area contributed by atoms with Crippen molar-refractivity contribution in [3.8, 4) is 0 Å². The molecule has 0 unspecified atom stereocenters. The van der Waals surface area contributed by atoms with Gasteiger partial charge in [-0.25, -0.2) is 4.79 Å². The number of hydrogen-bond acceptors (Lipinski definition) is 3. The van der Waals surface area contributed by atoms with E-state index in [1.54, 1.807) is 44.2 Å². The number of carbonyl (C=O) groups excluding carboxylic acids is 2. The van der Waals surface area contributed by atoms with Crippen LogP contribution in [0, 0.1) is 0 Å². The molecule has 0 heterocycles. The van der Waals surface area contributed by atoms with E-state index in [-0.39, 0.29) is 5.97 Å². The molecule has 0 aliphatic heterocycles. The lowest BCUT2D eigenvalue weighted by molar-refractivity contribution is -0.138. The van der Waals surface area contributed by atoms with Crippen LogP contribution in [0.15, 0.2) is 29.8 Å². The minimum Gasteiger partial charge on any atom is -0.463 e. The zero-order valence-corrected chi connectivity index (χ0v) is 9.40. The Hall–Kier alpha value is -1.90. The third-order valence-electron chi connectivity index (χ3n) is 2.05. The third-order valence-corrected chi connectivity index (χ3v) is 2.05. The zero-order chi connectivity index (χ0) is 12.0. The van der Waals surface area contributed by atoms with Gasteiger partial charge in [0.2, 0.25) is 0 Å². The summed E-state index contributed by atoms with van der Waals surface area (Å²) in [6.07, 6.45) is 2.51. The van der Waals surface area contributed by atoms with Gasteiger partial charge in [0.05, 0.1) is 6.61 Å². The van der Waals surface area contributed by atoms with Gasteiger partial charge in [0.25, 0.3) is 0 Å². The molecule has 0 radical (unpaired) electrons. The van der Waals surface area contributed by atoms with Gasteiger partial charge in [0, 0.05) is 11.1 Å². The Morgan fingerprint density at radius 2 is 1.81 bits per heavy atom. The highest BCUT2D eigenvalue weighted by molar-refractivity contribution is 5.93. The molecular formula is C13H14O3. The molecule has 3 nitrogen and oxygen atoms in total. The number of aldehydes is 1. The standard InChI is InChI=1S/C13H14O3/c1-3-16-13(15)10(2)8-11-4-6-12(9-14)7-5-11/h4-9H,3H2,1-2H3. The Bertz CT molecular complexity index is 402. The van der Waals surface area contributed by atoms with E-state index in [1.807, 2.05) is 0 Å². The second-order valence-corrected chi connectivity index (χ2v) is 3.33. The number of ether oxygens (including phenoxy) is 1. The van der Waals surface area contributed by atoms with Crippen molar-refractivity contribution in [1.82, 2.24) is 0 Å². The second-order valence-electron chi connectivity index (χ2n) is 3.33. The van der Waals surface area contributed by atoms with Crippen molar-refractivity contribution in [2.45, 2.75) is 13.8 Å². The van der Waals surface area contributed by atoms with E-state index in [1.165, 1.54) is 0 Å². The molecule has 0 fully saturated rings. The van der Waals surface area contributed by atoms with Gasteiger partial charge in [-0.2, -0.15) is 0 Å². The Kier molecular flexibility index (Phi) is 4.45. The quantitative estimate of drug-likeness (QED) is 0.443. The largest absolute Gasteiger partial charge is 0.463 e. The zero-order valence-electron chi connectivity index (χ0n) is 9.40. The van der Waals surface area contributed by atoms with E-state index in [0.29, 0.717) is 17.7 Å². The summed E-state index contributed by atoms with van der Waals surface area (Å²) in [6.45, 7) is 3.84. The Morgan fingerprint density at radius 3 is 2.31 bits per heavy atom. The summed E-state index contributed by atoms with van der Waals surface area (Å²) < 4.78 is 4.86. The maximum atomic E-state index is 11.3. The van der Waals surface area contributed by atoms with Crippen molar-refractivity contribution < 1.29 is 14.3 Å². The molecular weight excluding hydrogens is 204 g/mol. The summed E-state index contributed by atoms with van der Waals surface area (Å²) >= 11 is 0. The summed E-state index contributed by atoms with van der Waals surface area (Å²) in [6, 6.07) is 6.98. The molecule has 16 heavy (non-hydrogen) atoms. The molecule has 0 N–H and O–H groups in total. The first-order valence-electron chi connectivity index (χ1n) is 5.08. The third kappa shape index (κ3) is 3.35. The van der Waals surface area contributed by atoms with Crippen LogP contribution >= 0.6 is 0 Å². The summed E-state index contributed by atoms with van der Waals surface area (Å²) in [4.78, 5) is 21.8. The van der Waals surface area contributed by atoms with Crippen LogP contribution in [0.2, 0.25) is 0 Å². The molecule has 0 aliphatic rings. The van der Waals surface area contributed by atoms with Crippen LogP contribution < -0.4 is 0 Å². The van der Waals surface area contributed by atoms with E-state index in [2.05, 4.69) is 0 Å². The van der Waals surface area contributed by atoms with Gasteiger partial charge >= 0.3 is 5.97 Å². The van der Waals surface area contributed by atoms with Gasteiger partial charge < -0.3 is 4.74 Å². The van der Waals surface area contributed by atoms with Crippen molar-refractivity contribution in [2.24, 2.45) is 0 Å². The summed E-state index contributed by atoms with van der Waals surface area (Å²) in [5.74, 6) is -0.318. The highest BCUT2D eigenvalue weighted by Gasteiger charge is 2.03. The van der Waals surface area contributed by atoms with E-state index in [0.717, 1.165) is 11.8 Å². The average Bonchev–Trinajstić information content (AvgIpc) is 2.30. The molecule has 84 valence electrons. The van der Waals surface area contributed by atoms with Gasteiger partial charge in [0.1, 0.15) is 6.29 Å². The van der Waals surface area contributed by atoms with Gasteiger partial charge in [-0.3, -0.25) is 4.79 Å². The van der Waals surface area contributed by atoms with Gasteiger partial charge in [-0.15, -0.1) is 0 Å². The minimum absolute atomic E-state index is 0.318. The lowest BCUT2D eigenvalue weighted by atomic mass is 10.1. The molecule has 0 aromatic heterocycles. The fourth-order valence-electron chi connectivity index (χ4n) is 1.22. The molecule has 0 bridgehead atoms. The number of hydrogen-bond donors (Lipinski definition) is 0. The van der Waals surface area contributed by atoms with Crippen molar-refractivity contribution >= 4 is 18.3 Å². The Labute approximate surface area is 94.7 Å². The summed E-state index contributed by atoms with van der Waals surface area (Å²) in [5, 5.41) is 0. The Balaban J connectivity index is 2.81. The number of rotatable bonds is 4. The number of carbonyl (C=O) groups is 2. The molecule has 0 saturated carbocycles. The van der Waals surface area contributed by atoms with E-state index < -0.39 is 0 Å². The SMILES string of the molecule is CCOC(=O)C(C)=Cc1ccc(C=O)cc1. The van der Waals surface area contributed by atoms with Gasteiger partial charge in [0.15, 0.2) is 0 Å². The van der Waals surface area contributed by atoms with Crippen LogP contribution in [-0.2, 0) is 9.53 Å². The topological polar surface area (TPSA) is 43.4 Å². The first-order valence-corrected chi connectivity index (χ1v) is 5.08. The van der Waals surface area contributed by atoms with Crippen molar-refractivity contribution in [1.29, 1.82) is 0 Å². The predicted molar refractivity (Wildman–Crippen MR) is 62.1 cm³/mol. The van der Waals surface area contributed by atoms with E-state index in [4.69, 9.17) is 4.74 Å². The highest BCUT2D eigenvalue weighted by atomic mass is 16.5. The smallest absolute Gasteiger partial charge is 0.333 e. The van der Waals surface area contributed by atoms with Crippen LogP contribution in [-0.4, -0.2) is 18.9 Å². The second kappa shape index (κ2) is 5.85. The maximum Gasteiger partial charge on any atom is 0.333 e. The Morgan fingerprint density at radius 1 is 1.25 bits per heavy atom. The van der Waals surface area contributed by atoms with Crippen LogP contribution in [0.5, 0.6) is 0 Å². The van der Waals surface area contributed by atoms with Crippen LogP contribution in [0.1, 0.15) is 29.8 Å². The maximum absolute atomic E-state index is 11.3. The average molecular weight is 218 g/mol. The molecule has 0 amide bonds. The fourth-order valence-corrected chi connectivity index (χ4v) is 1.22. The first-order chi connectivity index (χ1) is 7.67. The highest BCUT2D eigenvalue weighted by Crippen LogP contribution is 2.09. The molecule has 0 spiro atoms. The minimum atomic E-state index is -0.318. The summed E-state index contributed by atoms with van der Waals surface area (Å²) in [7, 11) is 0. The fraction of sp³-hybridized carbons (Fsp3) is 0.231. The molecule has 1 aromatic carbocycles. The summed E-state index contributed by atoms with van der Waals surface area (Å²) in [5.41, 5.74) is 2.03. The molecule has 1 rings (SSSR count). The first kappa shape index (κ1) is 12.2. The van der Waals surface area contributed by atoms with Crippen molar-refractivity contribution in [2.75, 3.05) is 6.61 Å². The number of benzene rings is 1. The lowest BCUT2D eigenvalue weighted by Gasteiger charge is -2.01. The molecule has 0 aliphatic carbocycles. The van der Waals surface area contributed by atoms with Gasteiger partial charge in [-0.1, -0.05) is 24.3 Å². The molecule has 0 saturated heterocycles. The molecule has 0 atom stereocenters. The predicted octanol–water partition coefficient (Wildman–Crippen LogP) is 2.47. The van der Waals surface area contributed by atoms with Crippen molar-refractivity contribution in [3.05, 3.63) is 41.0 Å². The van der Waals surface area contributed by atoms with Crippen molar-refractivity contribution in [3.63, 3.8) is 0 Å². The van der Waals surface area contributed by atoms with Crippen LogP contribution in [0.4, 0.5) is 0 Å². The monoisotopic (exact) mass is 218 g/mol. The van der Waals surface area contributed by atoms with Gasteiger partial charge in [-0.05, 0) is 25.5 Å².